The number of benzene rings is 1. The summed E-state index contributed by atoms with van der Waals surface area (Å²) in [7, 11) is 0. The minimum absolute atomic E-state index is 0.212. The number of hydrogen-bond donors (Lipinski definition) is 0. The van der Waals surface area contributed by atoms with Crippen LogP contribution in [0.1, 0.15) is 26.3 Å². The van der Waals surface area contributed by atoms with Gasteiger partial charge in [0, 0.05) is 5.88 Å². The summed E-state index contributed by atoms with van der Waals surface area (Å²) < 4.78 is 26.6. The lowest BCUT2D eigenvalue weighted by Gasteiger charge is -2.31. The van der Waals surface area contributed by atoms with Crippen LogP contribution in [0.4, 0.5) is 8.78 Å². The van der Waals surface area contributed by atoms with Crippen molar-refractivity contribution >= 4 is 11.6 Å². The van der Waals surface area contributed by atoms with Gasteiger partial charge in [-0.2, -0.15) is 0 Å². The van der Waals surface area contributed by atoms with Crippen LogP contribution >= 0.6 is 11.6 Å². The average Bonchev–Trinajstić information content (AvgIpc) is 2.24. The van der Waals surface area contributed by atoms with Crippen LogP contribution in [0.5, 0.6) is 0 Å². The van der Waals surface area contributed by atoms with Gasteiger partial charge >= 0.3 is 0 Å². The topological polar surface area (TPSA) is 0 Å². The lowest BCUT2D eigenvalue weighted by molar-refractivity contribution is 0.249. The molecule has 1 aromatic carbocycles. The minimum Gasteiger partial charge on any atom is -0.204 e. The molecule has 0 spiro atoms. The lowest BCUT2D eigenvalue weighted by Crippen LogP contribution is -2.28. The molecule has 0 saturated carbocycles. The van der Waals surface area contributed by atoms with Gasteiger partial charge in [0.1, 0.15) is 0 Å². The van der Waals surface area contributed by atoms with E-state index >= 15 is 0 Å². The second-order valence-electron chi connectivity index (χ2n) is 4.83. The van der Waals surface area contributed by atoms with Crippen LogP contribution in [0.25, 0.3) is 0 Å². The van der Waals surface area contributed by atoms with Gasteiger partial charge in [-0.05, 0) is 29.4 Å². The second kappa shape index (κ2) is 5.13. The molecule has 0 amide bonds. The van der Waals surface area contributed by atoms with Gasteiger partial charge in [0.15, 0.2) is 11.6 Å². The molecule has 0 radical (unpaired) electrons. The zero-order valence-corrected chi connectivity index (χ0v) is 10.6. The lowest BCUT2D eigenvalue weighted by atomic mass is 9.76. The molecule has 0 aliphatic carbocycles. The van der Waals surface area contributed by atoms with E-state index < -0.39 is 11.6 Å². The van der Waals surface area contributed by atoms with E-state index in [1.807, 2.05) is 20.8 Å². The molecule has 0 heterocycles. The highest BCUT2D eigenvalue weighted by Gasteiger charge is 2.29. The minimum atomic E-state index is -0.793. The standard InChI is InChI=1S/C13H17ClF2/c1-9(2)13(3,8-14)7-10-5-4-6-11(15)12(10)16/h4-6,9H,7-8H2,1-3H3. The Labute approximate surface area is 101 Å². The van der Waals surface area contributed by atoms with Crippen molar-refractivity contribution in [1.29, 1.82) is 0 Å². The Balaban J connectivity index is 2.99. The first-order chi connectivity index (χ1) is 7.40. The van der Waals surface area contributed by atoms with E-state index in [-0.39, 0.29) is 5.41 Å². The zero-order valence-electron chi connectivity index (χ0n) is 9.86. The van der Waals surface area contributed by atoms with Crippen LogP contribution in [0, 0.1) is 23.0 Å². The summed E-state index contributed by atoms with van der Waals surface area (Å²) in [5.74, 6) is -0.800. The molecule has 1 atom stereocenters. The SMILES string of the molecule is CC(C)C(C)(CCl)Cc1cccc(F)c1F. The Morgan fingerprint density at radius 2 is 1.94 bits per heavy atom. The Morgan fingerprint density at radius 1 is 1.31 bits per heavy atom. The summed E-state index contributed by atoms with van der Waals surface area (Å²) in [6.45, 7) is 6.08. The molecule has 0 aliphatic heterocycles. The van der Waals surface area contributed by atoms with Gasteiger partial charge in [0.2, 0.25) is 0 Å². The Hall–Kier alpha value is -0.630. The summed E-state index contributed by atoms with van der Waals surface area (Å²) in [6, 6.07) is 4.28. The number of halogens is 3. The maximum absolute atomic E-state index is 13.5. The predicted molar refractivity (Wildman–Crippen MR) is 63.7 cm³/mol. The molecule has 0 nitrogen and oxygen atoms in total. The van der Waals surface area contributed by atoms with Crippen molar-refractivity contribution < 1.29 is 8.78 Å². The molecule has 0 bridgehead atoms. The first-order valence-corrected chi connectivity index (χ1v) is 5.93. The first-order valence-electron chi connectivity index (χ1n) is 5.39. The number of alkyl halides is 1. The molecule has 1 rings (SSSR count). The van der Waals surface area contributed by atoms with E-state index in [0.717, 1.165) is 6.07 Å². The molecular formula is C13H17ClF2. The quantitative estimate of drug-likeness (QED) is 0.691. The molecular weight excluding hydrogens is 230 g/mol. The Kier molecular flexibility index (Phi) is 4.31. The molecule has 16 heavy (non-hydrogen) atoms. The summed E-state index contributed by atoms with van der Waals surface area (Å²) in [5.41, 5.74) is 0.188. The predicted octanol–water partition coefficient (Wildman–Crippen LogP) is 4.41. The maximum Gasteiger partial charge on any atom is 0.162 e. The van der Waals surface area contributed by atoms with Crippen molar-refractivity contribution in [3.05, 3.63) is 35.4 Å². The third-order valence-electron chi connectivity index (χ3n) is 3.32. The summed E-state index contributed by atoms with van der Waals surface area (Å²) in [4.78, 5) is 0. The van der Waals surface area contributed by atoms with Crippen molar-refractivity contribution in [2.45, 2.75) is 27.2 Å². The molecule has 0 saturated heterocycles. The third kappa shape index (κ3) is 2.73. The van der Waals surface area contributed by atoms with E-state index in [0.29, 0.717) is 23.8 Å². The van der Waals surface area contributed by atoms with Crippen LogP contribution in [-0.2, 0) is 6.42 Å². The smallest absolute Gasteiger partial charge is 0.162 e. The van der Waals surface area contributed by atoms with Gasteiger partial charge in [-0.25, -0.2) is 8.78 Å². The van der Waals surface area contributed by atoms with Crippen LogP contribution in [0.15, 0.2) is 18.2 Å². The average molecular weight is 247 g/mol. The van der Waals surface area contributed by atoms with E-state index in [9.17, 15) is 8.78 Å². The molecule has 90 valence electrons. The maximum atomic E-state index is 13.5. The van der Waals surface area contributed by atoms with Crippen molar-refractivity contribution in [3.63, 3.8) is 0 Å². The molecule has 0 aliphatic rings. The highest BCUT2D eigenvalue weighted by Crippen LogP contribution is 2.33. The Bertz CT molecular complexity index is 363. The van der Waals surface area contributed by atoms with E-state index in [1.165, 1.54) is 6.07 Å². The van der Waals surface area contributed by atoms with E-state index in [2.05, 4.69) is 0 Å². The molecule has 0 fully saturated rings. The molecule has 3 heteroatoms. The van der Waals surface area contributed by atoms with Gasteiger partial charge in [-0.1, -0.05) is 32.9 Å². The van der Waals surface area contributed by atoms with Crippen LogP contribution < -0.4 is 0 Å². The second-order valence-corrected chi connectivity index (χ2v) is 5.10. The van der Waals surface area contributed by atoms with E-state index in [4.69, 9.17) is 11.6 Å². The largest absolute Gasteiger partial charge is 0.204 e. The van der Waals surface area contributed by atoms with Crippen molar-refractivity contribution in [3.8, 4) is 0 Å². The Morgan fingerprint density at radius 3 is 2.44 bits per heavy atom. The molecule has 1 aromatic rings. The van der Waals surface area contributed by atoms with Crippen molar-refractivity contribution in [2.75, 3.05) is 5.88 Å². The van der Waals surface area contributed by atoms with Gasteiger partial charge in [-0.3, -0.25) is 0 Å². The van der Waals surface area contributed by atoms with Gasteiger partial charge in [0.05, 0.1) is 0 Å². The zero-order chi connectivity index (χ0) is 12.3. The fraction of sp³-hybridized carbons (Fsp3) is 0.538. The van der Waals surface area contributed by atoms with Crippen LogP contribution in [0.3, 0.4) is 0 Å². The number of hydrogen-bond acceptors (Lipinski definition) is 0. The first kappa shape index (κ1) is 13.4. The van der Waals surface area contributed by atoms with Gasteiger partial charge in [-0.15, -0.1) is 11.6 Å². The molecule has 1 unspecified atom stereocenters. The van der Waals surface area contributed by atoms with E-state index in [1.54, 1.807) is 6.07 Å². The third-order valence-corrected chi connectivity index (χ3v) is 3.94. The summed E-state index contributed by atoms with van der Waals surface area (Å²) in [5, 5.41) is 0. The van der Waals surface area contributed by atoms with Crippen molar-refractivity contribution in [1.82, 2.24) is 0 Å². The summed E-state index contributed by atoms with van der Waals surface area (Å²) >= 11 is 5.93. The monoisotopic (exact) mass is 246 g/mol. The van der Waals surface area contributed by atoms with Crippen molar-refractivity contribution in [2.24, 2.45) is 11.3 Å². The summed E-state index contributed by atoms with van der Waals surface area (Å²) in [6.07, 6.45) is 0.456. The van der Waals surface area contributed by atoms with Crippen LogP contribution in [-0.4, -0.2) is 5.88 Å². The van der Waals surface area contributed by atoms with Gasteiger partial charge < -0.3 is 0 Å². The highest BCUT2D eigenvalue weighted by molar-refractivity contribution is 6.18. The fourth-order valence-electron chi connectivity index (χ4n) is 1.53. The number of rotatable bonds is 4. The fourth-order valence-corrected chi connectivity index (χ4v) is 1.93. The van der Waals surface area contributed by atoms with Crippen LogP contribution in [0.2, 0.25) is 0 Å². The van der Waals surface area contributed by atoms with Gasteiger partial charge in [0.25, 0.3) is 0 Å². The normalized spacial score (nSPS) is 15.2. The molecule has 0 aromatic heterocycles. The highest BCUT2D eigenvalue weighted by atomic mass is 35.5. The molecule has 0 N–H and O–H groups in total.